The summed E-state index contributed by atoms with van der Waals surface area (Å²) in [5.41, 5.74) is 10.9. The van der Waals surface area contributed by atoms with E-state index in [4.69, 9.17) is 10.3 Å². The fraction of sp³-hybridized carbons (Fsp3) is 0.353. The van der Waals surface area contributed by atoms with E-state index >= 15 is 0 Å². The summed E-state index contributed by atoms with van der Waals surface area (Å²) in [6.45, 7) is -0.472. The highest BCUT2D eigenvalue weighted by Crippen LogP contribution is 2.40. The van der Waals surface area contributed by atoms with Gasteiger partial charge in [-0.1, -0.05) is 30.3 Å². The van der Waals surface area contributed by atoms with E-state index in [9.17, 15) is 15.3 Å². The quantitative estimate of drug-likeness (QED) is 0.200. The first-order valence-electron chi connectivity index (χ1n) is 8.78. The van der Waals surface area contributed by atoms with Gasteiger partial charge in [0.05, 0.1) is 12.9 Å². The molecule has 4 rings (SSSR count). The van der Waals surface area contributed by atoms with E-state index in [0.717, 1.165) is 5.56 Å². The van der Waals surface area contributed by atoms with Crippen molar-refractivity contribution in [3.63, 3.8) is 0 Å². The van der Waals surface area contributed by atoms with Gasteiger partial charge < -0.3 is 20.1 Å². The molecular formula is C17H18N8O4. The van der Waals surface area contributed by atoms with E-state index in [1.165, 1.54) is 17.2 Å². The molecule has 0 aliphatic carbocycles. The Kier molecular flexibility index (Phi) is 5.01. The lowest BCUT2D eigenvalue weighted by Crippen LogP contribution is -2.47. The van der Waals surface area contributed by atoms with Crippen molar-refractivity contribution in [3.8, 4) is 0 Å². The Hall–Kier alpha value is -3.28. The zero-order valence-corrected chi connectivity index (χ0v) is 15.1. The topological polar surface area (TPSA) is 174 Å². The molecule has 1 aliphatic rings. The summed E-state index contributed by atoms with van der Waals surface area (Å²) in [5.74, 6) is 0.174. The molecule has 0 radical (unpaired) electrons. The van der Waals surface area contributed by atoms with Gasteiger partial charge in [0.25, 0.3) is 5.82 Å². The van der Waals surface area contributed by atoms with Crippen LogP contribution in [0.4, 0.5) is 5.82 Å². The van der Waals surface area contributed by atoms with Crippen molar-refractivity contribution in [2.75, 3.05) is 12.0 Å². The summed E-state index contributed by atoms with van der Waals surface area (Å²) in [4.78, 5) is 15.1. The van der Waals surface area contributed by atoms with Gasteiger partial charge in [-0.3, -0.25) is 4.57 Å². The standard InChI is InChI=1S/C17H18N8O4/c18-23-24-22-15-12-16(20-8-19-15)25(9-21-12)17(6-10-4-2-1-3-5-10)14(28)13(27)11(7-26)29-17/h1-5,8-9,11,13-14,26-28H,6-7H2,(H,19,20,22)/t11-,13-,14-,17-/m1/s1. The molecule has 0 bridgehead atoms. The predicted molar refractivity (Wildman–Crippen MR) is 100 cm³/mol. The monoisotopic (exact) mass is 398 g/mol. The van der Waals surface area contributed by atoms with Crippen LogP contribution in [-0.2, 0) is 16.9 Å². The zero-order valence-electron chi connectivity index (χ0n) is 15.1. The van der Waals surface area contributed by atoms with Crippen molar-refractivity contribution in [2.24, 2.45) is 5.22 Å². The molecule has 4 N–H and O–H groups in total. The first-order valence-corrected chi connectivity index (χ1v) is 8.78. The molecule has 150 valence electrons. The second kappa shape index (κ2) is 7.62. The second-order valence-electron chi connectivity index (χ2n) is 6.59. The van der Waals surface area contributed by atoms with Crippen LogP contribution >= 0.6 is 0 Å². The largest absolute Gasteiger partial charge is 0.394 e. The number of aliphatic hydroxyl groups excluding tert-OH is 3. The smallest absolute Gasteiger partial charge is 0.253 e. The average Bonchev–Trinajstić information content (AvgIpc) is 3.29. The first kappa shape index (κ1) is 19.1. The lowest BCUT2D eigenvalue weighted by molar-refractivity contribution is -0.145. The van der Waals surface area contributed by atoms with Crippen molar-refractivity contribution in [3.05, 3.63) is 59.0 Å². The number of aromatic nitrogens is 4. The minimum atomic E-state index is -1.48. The van der Waals surface area contributed by atoms with Gasteiger partial charge in [0, 0.05) is 6.42 Å². The molecule has 1 fully saturated rings. The molecule has 0 spiro atoms. The SMILES string of the molecule is [N-]=[N+]=NNc1ncnc2c1ncn2[C@]1(Cc2ccccc2)O[C@H](CO)[C@@H](O)[C@H]1O. The van der Waals surface area contributed by atoms with Gasteiger partial charge in [-0.15, -0.1) is 5.53 Å². The maximum absolute atomic E-state index is 11.0. The normalized spacial score (nSPS) is 26.4. The molecule has 3 heterocycles. The third-order valence-corrected chi connectivity index (χ3v) is 4.94. The molecule has 29 heavy (non-hydrogen) atoms. The number of benzene rings is 1. The summed E-state index contributed by atoms with van der Waals surface area (Å²) in [5, 5.41) is 34.3. The van der Waals surface area contributed by atoms with Crippen LogP contribution in [-0.4, -0.2) is 59.8 Å². The van der Waals surface area contributed by atoms with E-state index in [1.54, 1.807) is 0 Å². The Bertz CT molecular complexity index is 1050. The van der Waals surface area contributed by atoms with E-state index in [-0.39, 0.29) is 23.4 Å². The van der Waals surface area contributed by atoms with Gasteiger partial charge in [0.15, 0.2) is 16.9 Å². The maximum Gasteiger partial charge on any atom is 0.253 e. The van der Waals surface area contributed by atoms with E-state index < -0.39 is 30.6 Å². The number of azide groups is 1. The minimum Gasteiger partial charge on any atom is -0.394 e. The molecule has 1 aromatic carbocycles. The summed E-state index contributed by atoms with van der Waals surface area (Å²) in [6, 6.07) is 9.28. The summed E-state index contributed by atoms with van der Waals surface area (Å²) >= 11 is 0. The number of ether oxygens (including phenoxy) is 1. The number of nitrogens with zero attached hydrogens (tertiary/aromatic N) is 7. The maximum atomic E-state index is 11.0. The fourth-order valence-electron chi connectivity index (χ4n) is 3.60. The Morgan fingerprint density at radius 1 is 1.24 bits per heavy atom. The number of imidazole rings is 1. The Labute approximate surface area is 164 Å². The van der Waals surface area contributed by atoms with Gasteiger partial charge in [-0.05, 0) is 10.8 Å². The fourth-order valence-corrected chi connectivity index (χ4v) is 3.60. The van der Waals surface area contributed by atoms with Crippen LogP contribution in [0.1, 0.15) is 5.56 Å². The third kappa shape index (κ3) is 3.14. The van der Waals surface area contributed by atoms with E-state index in [0.29, 0.717) is 0 Å². The number of anilines is 1. The Morgan fingerprint density at radius 2 is 2.03 bits per heavy atom. The van der Waals surface area contributed by atoms with Crippen LogP contribution in [0.5, 0.6) is 0 Å². The highest BCUT2D eigenvalue weighted by Gasteiger charge is 2.56. The van der Waals surface area contributed by atoms with Crippen LogP contribution in [0, 0.1) is 0 Å². The summed E-state index contributed by atoms with van der Waals surface area (Å²) < 4.78 is 7.51. The molecule has 4 atom stereocenters. The zero-order chi connectivity index (χ0) is 20.4. The Balaban J connectivity index is 1.87. The van der Waals surface area contributed by atoms with Gasteiger partial charge in [0.2, 0.25) is 0 Å². The van der Waals surface area contributed by atoms with Crippen molar-refractivity contribution in [2.45, 2.75) is 30.5 Å². The first-order chi connectivity index (χ1) is 14.1. The molecule has 12 heteroatoms. The summed E-state index contributed by atoms with van der Waals surface area (Å²) in [6.07, 6.45) is -0.859. The van der Waals surface area contributed by atoms with Gasteiger partial charge in [-0.2, -0.15) is 9.90 Å². The second-order valence-corrected chi connectivity index (χ2v) is 6.59. The molecule has 1 saturated heterocycles. The van der Waals surface area contributed by atoms with Crippen molar-refractivity contribution in [1.29, 1.82) is 0 Å². The van der Waals surface area contributed by atoms with Crippen LogP contribution in [0.3, 0.4) is 0 Å². The van der Waals surface area contributed by atoms with E-state index in [1.807, 2.05) is 30.3 Å². The molecule has 2 aromatic heterocycles. The van der Waals surface area contributed by atoms with Crippen molar-refractivity contribution in [1.82, 2.24) is 19.5 Å². The molecule has 0 saturated carbocycles. The van der Waals surface area contributed by atoms with E-state index in [2.05, 4.69) is 30.5 Å². The number of hydrogen-bond acceptors (Lipinski definition) is 8. The molecule has 0 unspecified atom stereocenters. The van der Waals surface area contributed by atoms with Crippen LogP contribution in [0.25, 0.3) is 21.6 Å². The lowest BCUT2D eigenvalue weighted by atomic mass is 9.95. The van der Waals surface area contributed by atoms with Crippen LogP contribution < -0.4 is 5.43 Å². The van der Waals surface area contributed by atoms with Gasteiger partial charge in [0.1, 0.15) is 24.6 Å². The molecular weight excluding hydrogens is 380 g/mol. The summed E-state index contributed by atoms with van der Waals surface area (Å²) in [7, 11) is 0. The average molecular weight is 398 g/mol. The molecule has 1 aliphatic heterocycles. The number of fused-ring (bicyclic) bond motifs is 1. The predicted octanol–water partition coefficient (Wildman–Crippen LogP) is 0.472. The Morgan fingerprint density at radius 3 is 2.72 bits per heavy atom. The van der Waals surface area contributed by atoms with Crippen LogP contribution in [0.15, 0.2) is 48.2 Å². The van der Waals surface area contributed by atoms with Crippen molar-refractivity contribution >= 4 is 17.0 Å². The van der Waals surface area contributed by atoms with Gasteiger partial charge >= 0.3 is 0 Å². The molecule has 3 aromatic rings. The van der Waals surface area contributed by atoms with Crippen molar-refractivity contribution < 1.29 is 20.1 Å². The lowest BCUT2D eigenvalue weighted by Gasteiger charge is -2.34. The number of aliphatic hydroxyl groups is 3. The highest BCUT2D eigenvalue weighted by molar-refractivity contribution is 5.82. The van der Waals surface area contributed by atoms with Gasteiger partial charge in [-0.25, -0.2) is 15.4 Å². The third-order valence-electron chi connectivity index (χ3n) is 4.94. The molecule has 0 amide bonds. The number of nitrogens with one attached hydrogen (secondary N) is 1. The molecule has 12 nitrogen and oxygen atoms in total. The van der Waals surface area contributed by atoms with Crippen LogP contribution in [0.2, 0.25) is 0 Å². The number of hydrogen-bond donors (Lipinski definition) is 4. The minimum absolute atomic E-state index is 0.174. The number of rotatable bonds is 6. The highest BCUT2D eigenvalue weighted by atomic mass is 16.6.